The number of anilines is 2. The molecule has 0 atom stereocenters. The van der Waals surface area contributed by atoms with E-state index >= 15 is 0 Å². The molecule has 2 heterocycles. The van der Waals surface area contributed by atoms with Gasteiger partial charge >= 0.3 is 0 Å². The zero-order valence-corrected chi connectivity index (χ0v) is 15.3. The van der Waals surface area contributed by atoms with Crippen molar-refractivity contribution < 1.29 is 9.59 Å². The summed E-state index contributed by atoms with van der Waals surface area (Å²) < 4.78 is 1.95. The lowest BCUT2D eigenvalue weighted by Gasteiger charge is -2.16. The van der Waals surface area contributed by atoms with E-state index < -0.39 is 0 Å². The molecule has 26 heavy (non-hydrogen) atoms. The second kappa shape index (κ2) is 6.63. The number of benzene rings is 1. The Bertz CT molecular complexity index is 983. The van der Waals surface area contributed by atoms with Gasteiger partial charge in [-0.05, 0) is 30.3 Å². The molecule has 3 rings (SSSR count). The Labute approximate surface area is 152 Å². The average Bonchev–Trinajstić information content (AvgIpc) is 2.94. The molecule has 134 valence electrons. The predicted octanol–water partition coefficient (Wildman–Crippen LogP) is 3.84. The largest absolute Gasteiger partial charge is 0.326 e. The van der Waals surface area contributed by atoms with Crippen molar-refractivity contribution in [3.05, 3.63) is 60.2 Å². The van der Waals surface area contributed by atoms with Crippen LogP contribution in [0.5, 0.6) is 0 Å². The summed E-state index contributed by atoms with van der Waals surface area (Å²) in [6.45, 7) is 7.63. The number of nitrogens with one attached hydrogen (secondary N) is 2. The van der Waals surface area contributed by atoms with Gasteiger partial charge in [0, 0.05) is 29.9 Å². The van der Waals surface area contributed by atoms with Gasteiger partial charge in [0.05, 0.1) is 5.52 Å². The summed E-state index contributed by atoms with van der Waals surface area (Å²) in [5, 5.41) is 5.56. The van der Waals surface area contributed by atoms with Crippen LogP contribution < -0.4 is 10.6 Å². The maximum Gasteiger partial charge on any atom is 0.276 e. The van der Waals surface area contributed by atoms with Crippen molar-refractivity contribution in [3.63, 3.8) is 0 Å². The van der Waals surface area contributed by atoms with E-state index in [2.05, 4.69) is 36.4 Å². The van der Waals surface area contributed by atoms with Crippen LogP contribution in [-0.2, 0) is 10.2 Å². The van der Waals surface area contributed by atoms with E-state index in [-0.39, 0.29) is 17.2 Å². The van der Waals surface area contributed by atoms with E-state index in [4.69, 9.17) is 0 Å². The lowest BCUT2D eigenvalue weighted by molar-refractivity contribution is -0.114. The van der Waals surface area contributed by atoms with Crippen LogP contribution >= 0.6 is 0 Å². The maximum absolute atomic E-state index is 12.8. The van der Waals surface area contributed by atoms with Crippen LogP contribution in [0.15, 0.2) is 48.7 Å². The number of pyridine rings is 1. The van der Waals surface area contributed by atoms with Gasteiger partial charge in [-0.2, -0.15) is 0 Å². The van der Waals surface area contributed by atoms with Crippen molar-refractivity contribution in [1.29, 1.82) is 0 Å². The molecule has 0 fully saturated rings. The molecule has 1 aromatic carbocycles. The van der Waals surface area contributed by atoms with Gasteiger partial charge in [0.25, 0.3) is 5.91 Å². The molecule has 0 spiro atoms. The molecule has 0 unspecified atom stereocenters. The molecule has 6 heteroatoms. The molecule has 0 saturated carbocycles. The Hall–Kier alpha value is -3.15. The number of amides is 2. The average molecular weight is 350 g/mol. The van der Waals surface area contributed by atoms with Crippen LogP contribution in [0, 0.1) is 0 Å². The fourth-order valence-corrected chi connectivity index (χ4v) is 2.80. The minimum Gasteiger partial charge on any atom is -0.326 e. The maximum atomic E-state index is 12.8. The first kappa shape index (κ1) is 17.7. The Balaban J connectivity index is 1.95. The first-order valence-corrected chi connectivity index (χ1v) is 8.42. The fraction of sp³-hybridized carbons (Fsp3) is 0.250. The van der Waals surface area contributed by atoms with Crippen molar-refractivity contribution >= 4 is 28.7 Å². The van der Waals surface area contributed by atoms with Gasteiger partial charge in [-0.1, -0.05) is 32.9 Å². The number of carbonyl (C=O) groups is 2. The molecule has 3 aromatic rings. The normalized spacial score (nSPS) is 11.4. The van der Waals surface area contributed by atoms with Gasteiger partial charge in [-0.15, -0.1) is 0 Å². The van der Waals surface area contributed by atoms with Crippen molar-refractivity contribution in [1.82, 2.24) is 9.38 Å². The zero-order valence-electron chi connectivity index (χ0n) is 15.3. The highest BCUT2D eigenvalue weighted by atomic mass is 16.2. The highest BCUT2D eigenvalue weighted by Crippen LogP contribution is 2.25. The van der Waals surface area contributed by atoms with Crippen LogP contribution in [0.2, 0.25) is 0 Å². The predicted molar refractivity (Wildman–Crippen MR) is 103 cm³/mol. The Morgan fingerprint density at radius 2 is 1.69 bits per heavy atom. The van der Waals surface area contributed by atoms with E-state index in [0.717, 1.165) is 11.3 Å². The number of imidazole rings is 1. The molecule has 0 bridgehead atoms. The molecule has 2 N–H and O–H groups in total. The first-order valence-electron chi connectivity index (χ1n) is 8.42. The van der Waals surface area contributed by atoms with E-state index in [1.165, 1.54) is 6.92 Å². The minimum absolute atomic E-state index is 0.164. The van der Waals surface area contributed by atoms with Crippen LogP contribution in [0.3, 0.4) is 0 Å². The summed E-state index contributed by atoms with van der Waals surface area (Å²) in [6.07, 6.45) is 1.91. The molecule has 2 aromatic heterocycles. The number of nitrogens with zero attached hydrogens (tertiary/aromatic N) is 2. The number of carbonyl (C=O) groups excluding carboxylic acids is 2. The molecular formula is C20H22N4O2. The minimum atomic E-state index is -0.288. The number of hydrogen-bond acceptors (Lipinski definition) is 3. The van der Waals surface area contributed by atoms with Gasteiger partial charge in [-0.3, -0.25) is 9.59 Å². The molecule has 0 aliphatic carbocycles. The summed E-state index contributed by atoms with van der Waals surface area (Å²) in [6, 6.07) is 12.7. The Morgan fingerprint density at radius 1 is 1.00 bits per heavy atom. The molecule has 0 aliphatic heterocycles. The molecule has 6 nitrogen and oxygen atoms in total. The molecule has 0 radical (unpaired) electrons. The zero-order chi connectivity index (χ0) is 18.9. The topological polar surface area (TPSA) is 75.5 Å². The van der Waals surface area contributed by atoms with Crippen molar-refractivity contribution in [2.75, 3.05) is 10.6 Å². The monoisotopic (exact) mass is 350 g/mol. The van der Waals surface area contributed by atoms with Crippen molar-refractivity contribution in [3.8, 4) is 0 Å². The van der Waals surface area contributed by atoms with E-state index in [9.17, 15) is 9.59 Å². The fourth-order valence-electron chi connectivity index (χ4n) is 2.80. The van der Waals surface area contributed by atoms with Gasteiger partial charge in [0.2, 0.25) is 5.91 Å². The lowest BCUT2D eigenvalue weighted by atomic mass is 9.96. The van der Waals surface area contributed by atoms with Crippen molar-refractivity contribution in [2.24, 2.45) is 0 Å². The molecule has 0 aliphatic rings. The standard InChI is InChI=1S/C20H22N4O2/c1-13(25)21-14-8-7-9-15(12-14)22-18(26)17-16-10-5-6-11-24(16)19(23-17)20(2,3)4/h5-12H,1-4H3,(H,21,25)(H,22,26). The highest BCUT2D eigenvalue weighted by Gasteiger charge is 2.25. The second-order valence-electron chi connectivity index (χ2n) is 7.21. The third kappa shape index (κ3) is 3.59. The van der Waals surface area contributed by atoms with Crippen LogP contribution in [0.4, 0.5) is 11.4 Å². The van der Waals surface area contributed by atoms with E-state index in [0.29, 0.717) is 17.1 Å². The van der Waals surface area contributed by atoms with Crippen molar-refractivity contribution in [2.45, 2.75) is 33.1 Å². The third-order valence-corrected chi connectivity index (χ3v) is 3.88. The number of hydrogen-bond donors (Lipinski definition) is 2. The van der Waals surface area contributed by atoms with Gasteiger partial charge in [-0.25, -0.2) is 4.98 Å². The third-order valence-electron chi connectivity index (χ3n) is 3.88. The smallest absolute Gasteiger partial charge is 0.276 e. The van der Waals surface area contributed by atoms with Gasteiger partial charge in [0.1, 0.15) is 5.82 Å². The van der Waals surface area contributed by atoms with E-state index in [1.807, 2.05) is 28.8 Å². The van der Waals surface area contributed by atoms with Crippen LogP contribution in [0.25, 0.3) is 5.52 Å². The number of rotatable bonds is 3. The SMILES string of the molecule is CC(=O)Nc1cccc(NC(=O)c2nc(C(C)(C)C)n3ccccc23)c1. The summed E-state index contributed by atoms with van der Waals surface area (Å²) >= 11 is 0. The lowest BCUT2D eigenvalue weighted by Crippen LogP contribution is -2.17. The van der Waals surface area contributed by atoms with Crippen LogP contribution in [-0.4, -0.2) is 21.2 Å². The molecular weight excluding hydrogens is 328 g/mol. The van der Waals surface area contributed by atoms with Crippen LogP contribution in [0.1, 0.15) is 44.0 Å². The summed E-state index contributed by atoms with van der Waals surface area (Å²) in [5.41, 5.74) is 2.15. The molecule has 0 saturated heterocycles. The van der Waals surface area contributed by atoms with Gasteiger partial charge in [0.15, 0.2) is 5.69 Å². The number of fused-ring (bicyclic) bond motifs is 1. The quantitative estimate of drug-likeness (QED) is 0.753. The second-order valence-corrected chi connectivity index (χ2v) is 7.21. The molecule has 2 amide bonds. The summed E-state index contributed by atoms with van der Waals surface area (Å²) in [4.78, 5) is 28.6. The summed E-state index contributed by atoms with van der Waals surface area (Å²) in [5.74, 6) is 0.373. The Kier molecular flexibility index (Phi) is 4.50. The first-order chi connectivity index (χ1) is 12.3. The van der Waals surface area contributed by atoms with Gasteiger partial charge < -0.3 is 15.0 Å². The number of aromatic nitrogens is 2. The Morgan fingerprint density at radius 3 is 2.35 bits per heavy atom. The van der Waals surface area contributed by atoms with E-state index in [1.54, 1.807) is 24.3 Å². The highest BCUT2D eigenvalue weighted by molar-refractivity contribution is 6.08. The summed E-state index contributed by atoms with van der Waals surface area (Å²) in [7, 11) is 0.